The van der Waals surface area contributed by atoms with E-state index in [4.69, 9.17) is 0 Å². The molecular weight excluding hydrogens is 306 g/mol. The van der Waals surface area contributed by atoms with Crippen molar-refractivity contribution in [2.45, 2.75) is 38.6 Å². The van der Waals surface area contributed by atoms with Crippen LogP contribution in [0, 0.1) is 0 Å². The first-order valence-electron chi connectivity index (χ1n) is 8.01. The van der Waals surface area contributed by atoms with Crippen molar-refractivity contribution in [1.29, 1.82) is 0 Å². The van der Waals surface area contributed by atoms with Gasteiger partial charge in [0.25, 0.3) is 5.91 Å². The van der Waals surface area contributed by atoms with E-state index < -0.39 is 11.5 Å². The van der Waals surface area contributed by atoms with Gasteiger partial charge in [-0.05, 0) is 45.2 Å². The summed E-state index contributed by atoms with van der Waals surface area (Å²) in [6.45, 7) is 3.03. The first-order valence-corrected chi connectivity index (χ1v) is 8.01. The Morgan fingerprint density at radius 3 is 2.50 bits per heavy atom. The predicted molar refractivity (Wildman–Crippen MR) is 89.4 cm³/mol. The quantitative estimate of drug-likeness (QED) is 0.935. The molecule has 126 valence electrons. The molecule has 0 spiro atoms. The molecule has 0 atom stereocenters. The number of carbonyl (C=O) groups is 2. The lowest BCUT2D eigenvalue weighted by atomic mass is 10.0. The van der Waals surface area contributed by atoms with E-state index in [2.05, 4.69) is 5.10 Å². The monoisotopic (exact) mass is 327 g/mol. The Labute approximate surface area is 140 Å². The molecule has 1 aliphatic rings. The zero-order chi connectivity index (χ0) is 17.5. The van der Waals surface area contributed by atoms with Gasteiger partial charge in [-0.3, -0.25) is 4.79 Å². The molecule has 2 aromatic rings. The van der Waals surface area contributed by atoms with Crippen LogP contribution in [-0.4, -0.2) is 44.3 Å². The Hall–Kier alpha value is -2.63. The van der Waals surface area contributed by atoms with Crippen molar-refractivity contribution in [1.82, 2.24) is 14.7 Å². The summed E-state index contributed by atoms with van der Waals surface area (Å²) in [7, 11) is 1.51. The highest BCUT2D eigenvalue weighted by Crippen LogP contribution is 2.29. The maximum atomic E-state index is 12.9. The van der Waals surface area contributed by atoms with Crippen LogP contribution in [0.3, 0.4) is 0 Å². The van der Waals surface area contributed by atoms with E-state index >= 15 is 0 Å². The van der Waals surface area contributed by atoms with Crippen molar-refractivity contribution in [2.24, 2.45) is 0 Å². The lowest BCUT2D eigenvalue weighted by molar-refractivity contribution is -0.147. The molecule has 0 bridgehead atoms. The minimum Gasteiger partial charge on any atom is -0.480 e. The van der Waals surface area contributed by atoms with Crippen molar-refractivity contribution < 1.29 is 14.7 Å². The molecule has 0 saturated carbocycles. The first kappa shape index (κ1) is 16.2. The standard InChI is InChI=1S/C18H21N3O3/c1-18(2,17(23)24)20(3)16(22)15-13-10-7-11-14(13)21(19-15)12-8-5-4-6-9-12/h4-6,8-9H,7,10-11H2,1-3H3,(H,23,24). The molecule has 0 saturated heterocycles. The van der Waals surface area contributed by atoms with Gasteiger partial charge in [-0.2, -0.15) is 5.10 Å². The number of nitrogens with zero attached hydrogens (tertiary/aromatic N) is 3. The van der Waals surface area contributed by atoms with Crippen molar-refractivity contribution >= 4 is 11.9 Å². The minimum absolute atomic E-state index is 0.352. The predicted octanol–water partition coefficient (Wildman–Crippen LogP) is 2.30. The highest BCUT2D eigenvalue weighted by atomic mass is 16.4. The molecule has 1 N–H and O–H groups in total. The number of hydrogen-bond acceptors (Lipinski definition) is 3. The third-order valence-corrected chi connectivity index (χ3v) is 4.80. The van der Waals surface area contributed by atoms with Crippen molar-refractivity contribution in [3.63, 3.8) is 0 Å². The van der Waals surface area contributed by atoms with E-state index in [1.54, 1.807) is 0 Å². The molecule has 0 radical (unpaired) electrons. The zero-order valence-corrected chi connectivity index (χ0v) is 14.1. The number of carboxylic acid groups (broad SMARTS) is 1. The number of carbonyl (C=O) groups excluding carboxylic acids is 1. The molecule has 0 aliphatic heterocycles. The van der Waals surface area contributed by atoms with Crippen LogP contribution in [0.5, 0.6) is 0 Å². The number of para-hydroxylation sites is 1. The van der Waals surface area contributed by atoms with Gasteiger partial charge in [-0.1, -0.05) is 18.2 Å². The average molecular weight is 327 g/mol. The summed E-state index contributed by atoms with van der Waals surface area (Å²) in [6.07, 6.45) is 2.65. The highest BCUT2D eigenvalue weighted by molar-refractivity contribution is 5.97. The van der Waals surface area contributed by atoms with Crippen LogP contribution < -0.4 is 0 Å². The van der Waals surface area contributed by atoms with Gasteiger partial charge in [-0.15, -0.1) is 0 Å². The van der Waals surface area contributed by atoms with Gasteiger partial charge >= 0.3 is 5.97 Å². The number of fused-ring (bicyclic) bond motifs is 1. The average Bonchev–Trinajstić information content (AvgIpc) is 3.16. The third kappa shape index (κ3) is 2.48. The SMILES string of the molecule is CN(C(=O)c1nn(-c2ccccc2)c2c1CCC2)C(C)(C)C(=O)O. The minimum atomic E-state index is -1.29. The number of aliphatic carboxylic acids is 1. The summed E-state index contributed by atoms with van der Waals surface area (Å²) in [5.74, 6) is -1.40. The Bertz CT molecular complexity index is 793. The fourth-order valence-electron chi connectivity index (χ4n) is 2.95. The summed E-state index contributed by atoms with van der Waals surface area (Å²) >= 11 is 0. The van der Waals surface area contributed by atoms with Gasteiger partial charge < -0.3 is 10.0 Å². The van der Waals surface area contributed by atoms with Crippen LogP contribution in [0.1, 0.15) is 42.0 Å². The van der Waals surface area contributed by atoms with Crippen LogP contribution in [-0.2, 0) is 17.6 Å². The molecule has 6 nitrogen and oxygen atoms in total. The normalized spacial score (nSPS) is 13.6. The molecule has 1 aliphatic carbocycles. The number of hydrogen-bond donors (Lipinski definition) is 1. The summed E-state index contributed by atoms with van der Waals surface area (Å²) in [6, 6.07) is 9.69. The largest absolute Gasteiger partial charge is 0.480 e. The fraction of sp³-hybridized carbons (Fsp3) is 0.389. The van der Waals surface area contributed by atoms with Gasteiger partial charge in [0.1, 0.15) is 5.54 Å². The summed E-state index contributed by atoms with van der Waals surface area (Å²) in [5.41, 5.74) is 1.97. The van der Waals surface area contributed by atoms with Crippen LogP contribution >= 0.6 is 0 Å². The Kier molecular flexibility index (Phi) is 3.91. The van der Waals surface area contributed by atoms with E-state index in [1.165, 1.54) is 25.8 Å². The maximum Gasteiger partial charge on any atom is 0.329 e. The molecule has 3 rings (SSSR count). The van der Waals surface area contributed by atoms with Gasteiger partial charge in [0.05, 0.1) is 5.69 Å². The maximum absolute atomic E-state index is 12.9. The van der Waals surface area contributed by atoms with E-state index in [0.29, 0.717) is 5.69 Å². The van der Waals surface area contributed by atoms with Crippen LogP contribution in [0.15, 0.2) is 30.3 Å². The molecule has 0 fully saturated rings. The summed E-state index contributed by atoms with van der Waals surface area (Å²) in [5, 5.41) is 13.9. The van der Waals surface area contributed by atoms with Gasteiger partial charge in [-0.25, -0.2) is 9.48 Å². The Balaban J connectivity index is 2.04. The lowest BCUT2D eigenvalue weighted by Crippen LogP contribution is -2.51. The molecule has 6 heteroatoms. The zero-order valence-electron chi connectivity index (χ0n) is 14.1. The van der Waals surface area contributed by atoms with Crippen LogP contribution in [0.4, 0.5) is 0 Å². The van der Waals surface area contributed by atoms with E-state index in [1.807, 2.05) is 35.0 Å². The van der Waals surface area contributed by atoms with Crippen molar-refractivity contribution in [3.8, 4) is 5.69 Å². The van der Waals surface area contributed by atoms with Gasteiger partial charge in [0, 0.05) is 18.3 Å². The second kappa shape index (κ2) is 5.78. The number of rotatable bonds is 4. The lowest BCUT2D eigenvalue weighted by Gasteiger charge is -2.31. The molecule has 1 aromatic heterocycles. The number of amides is 1. The molecule has 1 aromatic carbocycles. The first-order chi connectivity index (χ1) is 11.3. The Morgan fingerprint density at radius 2 is 1.88 bits per heavy atom. The van der Waals surface area contributed by atoms with E-state index in [0.717, 1.165) is 36.2 Å². The van der Waals surface area contributed by atoms with Gasteiger partial charge in [0.2, 0.25) is 0 Å². The summed E-state index contributed by atoms with van der Waals surface area (Å²) < 4.78 is 1.82. The molecule has 1 heterocycles. The van der Waals surface area contributed by atoms with Crippen LogP contribution in [0.25, 0.3) is 5.69 Å². The molecule has 0 unspecified atom stereocenters. The van der Waals surface area contributed by atoms with Crippen LogP contribution in [0.2, 0.25) is 0 Å². The highest BCUT2D eigenvalue weighted by Gasteiger charge is 2.38. The molecular formula is C18H21N3O3. The number of benzene rings is 1. The van der Waals surface area contributed by atoms with E-state index in [9.17, 15) is 14.7 Å². The molecule has 24 heavy (non-hydrogen) atoms. The number of carboxylic acids is 1. The van der Waals surface area contributed by atoms with Crippen molar-refractivity contribution in [2.75, 3.05) is 7.05 Å². The topological polar surface area (TPSA) is 75.4 Å². The molecule has 1 amide bonds. The van der Waals surface area contributed by atoms with Crippen molar-refractivity contribution in [3.05, 3.63) is 47.3 Å². The number of likely N-dealkylation sites (N-methyl/N-ethyl adjacent to an activating group) is 1. The fourth-order valence-corrected chi connectivity index (χ4v) is 2.95. The third-order valence-electron chi connectivity index (χ3n) is 4.80. The second-order valence-corrected chi connectivity index (χ2v) is 6.60. The Morgan fingerprint density at radius 1 is 1.21 bits per heavy atom. The summed E-state index contributed by atoms with van der Waals surface area (Å²) in [4.78, 5) is 25.6. The van der Waals surface area contributed by atoms with E-state index in [-0.39, 0.29) is 5.91 Å². The smallest absolute Gasteiger partial charge is 0.329 e. The van der Waals surface area contributed by atoms with Gasteiger partial charge in [0.15, 0.2) is 5.69 Å². The second-order valence-electron chi connectivity index (χ2n) is 6.60. The number of aromatic nitrogens is 2.